The molecule has 22 heavy (non-hydrogen) atoms. The molecule has 0 N–H and O–H groups in total. The fourth-order valence-electron chi connectivity index (χ4n) is 2.93. The summed E-state index contributed by atoms with van der Waals surface area (Å²) in [6.45, 7) is 0. The van der Waals surface area contributed by atoms with Gasteiger partial charge in [-0.25, -0.2) is 0 Å². The molecule has 6 nitrogen and oxygen atoms in total. The lowest BCUT2D eigenvalue weighted by molar-refractivity contribution is -0.123. The Balaban J connectivity index is 2.03. The van der Waals surface area contributed by atoms with E-state index in [2.05, 4.69) is 0 Å². The van der Waals surface area contributed by atoms with E-state index in [1.807, 2.05) is 0 Å². The Hall–Kier alpha value is -3.02. The molecule has 110 valence electrons. The predicted molar refractivity (Wildman–Crippen MR) is 76.8 cm³/mol. The Labute approximate surface area is 125 Å². The predicted octanol–water partition coefficient (Wildman–Crippen LogP) is 1.94. The van der Waals surface area contributed by atoms with E-state index in [0.29, 0.717) is 34.1 Å². The van der Waals surface area contributed by atoms with Gasteiger partial charge in [0.25, 0.3) is 11.8 Å². The summed E-state index contributed by atoms with van der Waals surface area (Å²) in [5, 5.41) is 0. The number of carbonyl (C=O) groups is 2. The van der Waals surface area contributed by atoms with Crippen molar-refractivity contribution in [3.8, 4) is 0 Å². The number of nitrogens with zero attached hydrogens (tertiary/aromatic N) is 2. The number of amides is 2. The maximum Gasteiger partial charge on any atom is 0.261 e. The van der Waals surface area contributed by atoms with Crippen LogP contribution >= 0.6 is 0 Å². The van der Waals surface area contributed by atoms with Crippen molar-refractivity contribution in [3.63, 3.8) is 0 Å². The minimum Gasteiger partial charge on any atom is -0.463 e. The van der Waals surface area contributed by atoms with Gasteiger partial charge in [0.1, 0.15) is 11.4 Å². The Morgan fingerprint density at radius 2 is 1.18 bits per heavy atom. The highest BCUT2D eigenvalue weighted by atomic mass is 16.3. The van der Waals surface area contributed by atoms with E-state index in [1.165, 1.54) is 22.3 Å². The summed E-state index contributed by atoms with van der Waals surface area (Å²) in [4.78, 5) is 28.2. The molecule has 0 saturated carbocycles. The zero-order chi connectivity index (χ0) is 15.4. The van der Waals surface area contributed by atoms with Crippen molar-refractivity contribution in [1.82, 2.24) is 9.80 Å². The molecule has 0 unspecified atom stereocenters. The number of hydrogen-bond acceptors (Lipinski definition) is 4. The zero-order valence-corrected chi connectivity index (χ0v) is 12.0. The molecule has 0 bridgehead atoms. The normalized spacial score (nSPS) is 18.1. The lowest BCUT2D eigenvalue weighted by Crippen LogP contribution is -2.24. The number of fused-ring (bicyclic) bond motifs is 1. The molecular weight excluding hydrogens is 284 g/mol. The third kappa shape index (κ3) is 1.43. The molecule has 2 aromatic rings. The van der Waals surface area contributed by atoms with Crippen molar-refractivity contribution in [3.05, 3.63) is 59.5 Å². The first-order valence-corrected chi connectivity index (χ1v) is 6.74. The van der Waals surface area contributed by atoms with Gasteiger partial charge < -0.3 is 18.6 Å². The fraction of sp³-hybridized carbons (Fsp3) is 0.125. The van der Waals surface area contributed by atoms with Gasteiger partial charge in [0.15, 0.2) is 11.5 Å². The molecule has 6 heteroatoms. The van der Waals surface area contributed by atoms with Gasteiger partial charge in [-0.15, -0.1) is 0 Å². The van der Waals surface area contributed by atoms with Crippen LogP contribution < -0.4 is 0 Å². The van der Waals surface area contributed by atoms with Crippen molar-refractivity contribution in [2.45, 2.75) is 0 Å². The third-order valence-corrected chi connectivity index (χ3v) is 3.94. The number of furan rings is 2. The standard InChI is InChI=1S/C16H12N2O4/c1-17-13(9-5-3-7-21-9)11-12(15(17)19)14(18(2)16(11)20)10-6-4-8-22-10/h3-8H,1-2H3. The van der Waals surface area contributed by atoms with E-state index >= 15 is 0 Å². The second kappa shape index (κ2) is 4.24. The molecule has 2 aliphatic rings. The lowest BCUT2D eigenvalue weighted by Gasteiger charge is -2.17. The van der Waals surface area contributed by atoms with E-state index in [9.17, 15) is 9.59 Å². The van der Waals surface area contributed by atoms with Gasteiger partial charge in [0.05, 0.1) is 23.7 Å². The molecule has 2 aromatic heterocycles. The smallest absolute Gasteiger partial charge is 0.261 e. The fourth-order valence-corrected chi connectivity index (χ4v) is 2.93. The maximum absolute atomic E-state index is 12.7. The minimum atomic E-state index is -0.245. The molecule has 0 aromatic carbocycles. The summed E-state index contributed by atoms with van der Waals surface area (Å²) in [7, 11) is 3.26. The summed E-state index contributed by atoms with van der Waals surface area (Å²) in [6.07, 6.45) is 3.03. The van der Waals surface area contributed by atoms with Gasteiger partial charge in [0.2, 0.25) is 0 Å². The maximum atomic E-state index is 12.7. The zero-order valence-electron chi connectivity index (χ0n) is 12.0. The van der Waals surface area contributed by atoms with E-state index in [0.717, 1.165) is 0 Å². The molecule has 2 aliphatic heterocycles. The highest BCUT2D eigenvalue weighted by molar-refractivity contribution is 6.29. The van der Waals surface area contributed by atoms with Crippen LogP contribution in [0.15, 0.2) is 56.8 Å². The average Bonchev–Trinajstić information content (AvgIpc) is 3.25. The van der Waals surface area contributed by atoms with Gasteiger partial charge in [-0.3, -0.25) is 9.59 Å². The van der Waals surface area contributed by atoms with E-state index in [1.54, 1.807) is 38.4 Å². The highest BCUT2D eigenvalue weighted by Crippen LogP contribution is 2.45. The number of carbonyl (C=O) groups excluding carboxylic acids is 2. The van der Waals surface area contributed by atoms with Crippen molar-refractivity contribution in [2.24, 2.45) is 0 Å². The molecule has 0 aliphatic carbocycles. The first-order valence-electron chi connectivity index (χ1n) is 6.74. The Morgan fingerprint density at radius 1 is 0.773 bits per heavy atom. The van der Waals surface area contributed by atoms with Crippen LogP contribution in [0.25, 0.3) is 11.4 Å². The van der Waals surface area contributed by atoms with Crippen molar-refractivity contribution in [1.29, 1.82) is 0 Å². The Kier molecular flexibility index (Phi) is 2.45. The largest absolute Gasteiger partial charge is 0.463 e. The van der Waals surface area contributed by atoms with E-state index < -0.39 is 0 Å². The first-order chi connectivity index (χ1) is 10.6. The molecule has 0 atom stereocenters. The summed E-state index contributed by atoms with van der Waals surface area (Å²) in [5.74, 6) is 0.489. The van der Waals surface area contributed by atoms with Gasteiger partial charge in [-0.1, -0.05) is 0 Å². The molecule has 4 heterocycles. The number of hydrogen-bond donors (Lipinski definition) is 0. The van der Waals surface area contributed by atoms with Gasteiger partial charge in [-0.2, -0.15) is 0 Å². The molecule has 0 radical (unpaired) electrons. The number of rotatable bonds is 2. The SMILES string of the molecule is CN1C(=O)C2=C(c3ccco3)N(C)C(=O)C2=C1c1ccco1. The van der Waals surface area contributed by atoms with E-state index in [4.69, 9.17) is 8.83 Å². The third-order valence-electron chi connectivity index (χ3n) is 3.94. The van der Waals surface area contributed by atoms with E-state index in [-0.39, 0.29) is 11.8 Å². The Morgan fingerprint density at radius 3 is 1.50 bits per heavy atom. The summed E-state index contributed by atoms with van der Waals surface area (Å²) in [6, 6.07) is 6.90. The van der Waals surface area contributed by atoms with Gasteiger partial charge in [0, 0.05) is 14.1 Å². The lowest BCUT2D eigenvalue weighted by atomic mass is 10.1. The van der Waals surface area contributed by atoms with Crippen LogP contribution in [0.3, 0.4) is 0 Å². The average molecular weight is 296 g/mol. The monoisotopic (exact) mass is 296 g/mol. The van der Waals surface area contributed by atoms with Crippen LogP contribution in [0.2, 0.25) is 0 Å². The van der Waals surface area contributed by atoms with Crippen molar-refractivity contribution < 1.29 is 18.4 Å². The second-order valence-electron chi connectivity index (χ2n) is 5.13. The minimum absolute atomic E-state index is 0.245. The molecule has 0 fully saturated rings. The first kappa shape index (κ1) is 12.7. The number of likely N-dealkylation sites (N-methyl/N-ethyl adjacent to an activating group) is 2. The van der Waals surface area contributed by atoms with Crippen LogP contribution in [-0.4, -0.2) is 35.7 Å². The summed E-state index contributed by atoms with van der Waals surface area (Å²) >= 11 is 0. The molecule has 2 amide bonds. The van der Waals surface area contributed by atoms with Crippen molar-refractivity contribution >= 4 is 23.2 Å². The molecule has 4 rings (SSSR count). The van der Waals surface area contributed by atoms with Crippen LogP contribution in [0.4, 0.5) is 0 Å². The van der Waals surface area contributed by atoms with Crippen LogP contribution in [0.5, 0.6) is 0 Å². The summed E-state index contributed by atoms with van der Waals surface area (Å²) in [5.41, 5.74) is 1.69. The second-order valence-corrected chi connectivity index (χ2v) is 5.13. The van der Waals surface area contributed by atoms with Gasteiger partial charge >= 0.3 is 0 Å². The van der Waals surface area contributed by atoms with Gasteiger partial charge in [-0.05, 0) is 24.3 Å². The molecular formula is C16H12N2O4. The van der Waals surface area contributed by atoms with Crippen LogP contribution in [0.1, 0.15) is 11.5 Å². The molecule has 0 spiro atoms. The molecule has 0 saturated heterocycles. The van der Waals surface area contributed by atoms with Crippen molar-refractivity contribution in [2.75, 3.05) is 14.1 Å². The van der Waals surface area contributed by atoms with Crippen LogP contribution in [0, 0.1) is 0 Å². The van der Waals surface area contributed by atoms with Crippen LogP contribution in [-0.2, 0) is 9.59 Å². The topological polar surface area (TPSA) is 66.9 Å². The Bertz CT molecular complexity index is 769. The summed E-state index contributed by atoms with van der Waals surface area (Å²) < 4.78 is 10.8. The highest BCUT2D eigenvalue weighted by Gasteiger charge is 2.48. The quantitative estimate of drug-likeness (QED) is 0.849.